The highest BCUT2D eigenvalue weighted by Gasteiger charge is 2.32. The third-order valence-corrected chi connectivity index (χ3v) is 4.51. The van der Waals surface area contributed by atoms with Crippen molar-refractivity contribution >= 4 is 39.6 Å². The number of rotatable bonds is 9. The molecule has 0 aromatic heterocycles. The molecule has 2 N–H and O–H groups in total. The van der Waals surface area contributed by atoms with Gasteiger partial charge in [-0.3, -0.25) is 4.79 Å². The maximum atomic E-state index is 12.7. The van der Waals surface area contributed by atoms with Crippen LogP contribution >= 0.6 is 21.7 Å². The Morgan fingerprint density at radius 2 is 1.72 bits per heavy atom. The first-order valence-electron chi connectivity index (χ1n) is 9.27. The minimum absolute atomic E-state index is 0.0710. The van der Waals surface area contributed by atoms with Crippen LogP contribution in [0.1, 0.15) is 40.2 Å². The average Bonchev–Trinajstić information content (AvgIpc) is 2.63. The molecule has 2 amide bonds. The zero-order valence-electron chi connectivity index (χ0n) is 17.4. The van der Waals surface area contributed by atoms with E-state index in [2.05, 4.69) is 10.6 Å². The van der Waals surface area contributed by atoms with Crippen LogP contribution in [0.2, 0.25) is 0 Å². The molecule has 0 fully saturated rings. The first kappa shape index (κ1) is 25.1. The predicted octanol–water partition coefficient (Wildman–Crippen LogP) is 3.65. The van der Waals surface area contributed by atoms with E-state index in [0.717, 1.165) is 16.5 Å². The Labute approximate surface area is 180 Å². The quantitative estimate of drug-likeness (QED) is 0.564. The molecule has 0 bridgehead atoms. The number of esters is 1. The van der Waals surface area contributed by atoms with Gasteiger partial charge in [0.25, 0.3) is 0 Å². The van der Waals surface area contributed by atoms with Crippen molar-refractivity contribution < 1.29 is 23.9 Å². The monoisotopic (exact) mass is 444 g/mol. The molecule has 0 aliphatic heterocycles. The highest BCUT2D eigenvalue weighted by atomic mass is 35.7. The number of halogens is 1. The molecule has 1 aromatic rings. The van der Waals surface area contributed by atoms with Crippen molar-refractivity contribution in [2.45, 2.75) is 58.9 Å². The van der Waals surface area contributed by atoms with Gasteiger partial charge >= 0.3 is 12.1 Å². The number of nitrogens with one attached hydrogen (secondary N) is 2. The number of amides is 2. The number of hydrogen-bond donors (Lipinski definition) is 2. The standard InChI is InChI=1S/C20H29ClN2O5S/c1-13(2)16(18(25)28-20(3,4)5)23-17(24)15(12-29-21)22-19(26)27-11-14-9-7-6-8-10-14/h6-10,13,15-16H,11-12H2,1-5H3,(H,22,26)(H,23,24)/t15-,16+/m0/s1. The van der Waals surface area contributed by atoms with Crippen LogP contribution in [-0.4, -0.2) is 41.4 Å². The van der Waals surface area contributed by atoms with Crippen LogP contribution in [0.4, 0.5) is 4.79 Å². The van der Waals surface area contributed by atoms with Gasteiger partial charge in [0.2, 0.25) is 5.91 Å². The number of carbonyl (C=O) groups is 3. The molecule has 0 heterocycles. The Bertz CT molecular complexity index is 679. The molecule has 0 saturated heterocycles. The topological polar surface area (TPSA) is 93.7 Å². The summed E-state index contributed by atoms with van der Waals surface area (Å²) in [6.07, 6.45) is -0.752. The maximum absolute atomic E-state index is 12.7. The lowest BCUT2D eigenvalue weighted by atomic mass is 10.0. The molecule has 7 nitrogen and oxygen atoms in total. The van der Waals surface area contributed by atoms with E-state index in [4.69, 9.17) is 20.2 Å². The van der Waals surface area contributed by atoms with Gasteiger partial charge in [-0.2, -0.15) is 0 Å². The molecule has 9 heteroatoms. The lowest BCUT2D eigenvalue weighted by Gasteiger charge is -2.27. The molecule has 1 aromatic carbocycles. The fourth-order valence-electron chi connectivity index (χ4n) is 2.27. The number of alkyl carbamates (subject to hydrolysis) is 1. The molecule has 0 aliphatic rings. The van der Waals surface area contributed by atoms with Crippen LogP contribution in [0, 0.1) is 5.92 Å². The van der Waals surface area contributed by atoms with Crippen LogP contribution in [0.25, 0.3) is 0 Å². The number of carbonyl (C=O) groups excluding carboxylic acids is 3. The van der Waals surface area contributed by atoms with Gasteiger partial charge in [-0.25, -0.2) is 9.59 Å². The predicted molar refractivity (Wildman–Crippen MR) is 114 cm³/mol. The van der Waals surface area contributed by atoms with Gasteiger partial charge in [-0.15, -0.1) is 0 Å². The number of hydrogen-bond acceptors (Lipinski definition) is 6. The largest absolute Gasteiger partial charge is 0.458 e. The molecule has 0 aliphatic carbocycles. The van der Waals surface area contributed by atoms with E-state index < -0.39 is 35.7 Å². The molecular weight excluding hydrogens is 416 g/mol. The third kappa shape index (κ3) is 9.89. The van der Waals surface area contributed by atoms with E-state index in [1.54, 1.807) is 34.6 Å². The summed E-state index contributed by atoms with van der Waals surface area (Å²) >= 11 is 0. The fraction of sp³-hybridized carbons (Fsp3) is 0.550. The minimum atomic E-state index is -0.968. The van der Waals surface area contributed by atoms with E-state index in [1.807, 2.05) is 30.3 Å². The SMILES string of the molecule is CC(C)[C@@H](NC(=O)[C@H](CSCl)NC(=O)OCc1ccccc1)C(=O)OC(C)(C)C. The fourth-order valence-corrected chi connectivity index (χ4v) is 3.01. The summed E-state index contributed by atoms with van der Waals surface area (Å²) in [7, 11) is 6.57. The van der Waals surface area contributed by atoms with Crippen molar-refractivity contribution in [3.63, 3.8) is 0 Å². The van der Waals surface area contributed by atoms with Crippen molar-refractivity contribution in [3.05, 3.63) is 35.9 Å². The zero-order chi connectivity index (χ0) is 22.0. The number of ether oxygens (including phenoxy) is 2. The summed E-state index contributed by atoms with van der Waals surface area (Å²) in [5, 5.41) is 5.14. The summed E-state index contributed by atoms with van der Waals surface area (Å²) in [5.41, 5.74) is 0.139. The molecule has 29 heavy (non-hydrogen) atoms. The average molecular weight is 445 g/mol. The Hall–Kier alpha value is -1.93. The summed E-state index contributed by atoms with van der Waals surface area (Å²) in [5.74, 6) is -1.18. The van der Waals surface area contributed by atoms with Gasteiger partial charge < -0.3 is 20.1 Å². The minimum Gasteiger partial charge on any atom is -0.458 e. The van der Waals surface area contributed by atoms with Crippen molar-refractivity contribution in [3.8, 4) is 0 Å². The zero-order valence-corrected chi connectivity index (χ0v) is 18.9. The molecule has 0 saturated carbocycles. The van der Waals surface area contributed by atoms with E-state index in [1.165, 1.54) is 0 Å². The maximum Gasteiger partial charge on any atom is 0.408 e. The molecule has 1 rings (SSSR count). The summed E-state index contributed by atoms with van der Waals surface area (Å²) in [4.78, 5) is 37.2. The van der Waals surface area contributed by atoms with Gasteiger partial charge in [0.1, 0.15) is 24.3 Å². The van der Waals surface area contributed by atoms with Gasteiger partial charge in [-0.05, 0) is 42.9 Å². The van der Waals surface area contributed by atoms with Crippen LogP contribution in [-0.2, 0) is 25.7 Å². The Kier molecular flexibility index (Phi) is 10.3. The lowest BCUT2D eigenvalue weighted by molar-refractivity contribution is -0.160. The Morgan fingerprint density at radius 1 is 1.10 bits per heavy atom. The van der Waals surface area contributed by atoms with Gasteiger partial charge in [-0.1, -0.05) is 55.2 Å². The van der Waals surface area contributed by atoms with Crippen molar-refractivity contribution in [1.29, 1.82) is 0 Å². The Morgan fingerprint density at radius 3 is 2.24 bits per heavy atom. The van der Waals surface area contributed by atoms with Gasteiger partial charge in [0, 0.05) is 5.75 Å². The van der Waals surface area contributed by atoms with Crippen LogP contribution in [0.3, 0.4) is 0 Å². The van der Waals surface area contributed by atoms with Crippen LogP contribution in [0.5, 0.6) is 0 Å². The molecular formula is C20H29ClN2O5S. The third-order valence-electron chi connectivity index (χ3n) is 3.68. The molecule has 0 unspecified atom stereocenters. The van der Waals surface area contributed by atoms with Crippen LogP contribution < -0.4 is 10.6 Å². The molecule has 0 spiro atoms. The molecule has 2 atom stereocenters. The normalized spacial score (nSPS) is 13.3. The second-order valence-corrected chi connectivity index (χ2v) is 9.00. The highest BCUT2D eigenvalue weighted by Crippen LogP contribution is 2.14. The molecule has 0 radical (unpaired) electrons. The summed E-state index contributed by atoms with van der Waals surface area (Å²) in [6.45, 7) is 8.91. The van der Waals surface area contributed by atoms with Crippen molar-refractivity contribution in [1.82, 2.24) is 10.6 Å². The summed E-state index contributed by atoms with van der Waals surface area (Å²) < 4.78 is 10.5. The van der Waals surface area contributed by atoms with Gasteiger partial charge in [0.15, 0.2) is 0 Å². The van der Waals surface area contributed by atoms with E-state index in [9.17, 15) is 14.4 Å². The van der Waals surface area contributed by atoms with E-state index >= 15 is 0 Å². The first-order chi connectivity index (χ1) is 13.5. The van der Waals surface area contributed by atoms with Crippen molar-refractivity contribution in [2.24, 2.45) is 5.92 Å². The first-order valence-corrected chi connectivity index (χ1v) is 11.1. The summed E-state index contributed by atoms with van der Waals surface area (Å²) in [6, 6.07) is 7.34. The lowest BCUT2D eigenvalue weighted by Crippen LogP contribution is -2.55. The van der Waals surface area contributed by atoms with E-state index in [0.29, 0.717) is 0 Å². The second kappa shape index (κ2) is 11.9. The smallest absolute Gasteiger partial charge is 0.408 e. The van der Waals surface area contributed by atoms with Crippen LogP contribution in [0.15, 0.2) is 30.3 Å². The van der Waals surface area contributed by atoms with Gasteiger partial charge in [0.05, 0.1) is 0 Å². The highest BCUT2D eigenvalue weighted by molar-refractivity contribution is 8.21. The van der Waals surface area contributed by atoms with E-state index in [-0.39, 0.29) is 18.3 Å². The number of benzene rings is 1. The Balaban J connectivity index is 2.71. The molecule has 162 valence electrons. The second-order valence-electron chi connectivity index (χ2n) is 7.80. The van der Waals surface area contributed by atoms with Crippen molar-refractivity contribution in [2.75, 3.05) is 5.75 Å².